The lowest BCUT2D eigenvalue weighted by Gasteiger charge is -2.44. The van der Waals surface area contributed by atoms with Crippen LogP contribution in [0.3, 0.4) is 0 Å². The maximum Gasteiger partial charge on any atom is 0.312 e. The molecule has 0 aliphatic heterocycles. The summed E-state index contributed by atoms with van der Waals surface area (Å²) in [7, 11) is 0. The van der Waals surface area contributed by atoms with Crippen molar-refractivity contribution in [1.82, 2.24) is 0 Å². The second kappa shape index (κ2) is 9.16. The largest absolute Gasteiger partial charge is 0.481 e. The molecule has 0 bridgehead atoms. The van der Waals surface area contributed by atoms with Gasteiger partial charge in [0, 0.05) is 6.42 Å². The van der Waals surface area contributed by atoms with Crippen LogP contribution in [0.15, 0.2) is 47.6 Å². The Balaban J connectivity index is 1.48. The number of aliphatic hydroxyl groups is 3. The Bertz CT molecular complexity index is 879. The van der Waals surface area contributed by atoms with Crippen LogP contribution in [0, 0.1) is 28.6 Å². The minimum absolute atomic E-state index is 0.184. The van der Waals surface area contributed by atoms with Crippen molar-refractivity contribution in [3.05, 3.63) is 47.6 Å². The van der Waals surface area contributed by atoms with Gasteiger partial charge in [-0.3, -0.25) is 4.79 Å². The Hall–Kier alpha value is -1.69. The van der Waals surface area contributed by atoms with E-state index in [1.165, 1.54) is 12.0 Å². The van der Waals surface area contributed by atoms with E-state index in [0.29, 0.717) is 37.5 Å². The summed E-state index contributed by atoms with van der Waals surface area (Å²) in [6, 6.07) is 0. The number of hydrogen-bond acceptors (Lipinski definition) is 4. The van der Waals surface area contributed by atoms with Crippen LogP contribution in [0.25, 0.3) is 0 Å². The molecule has 182 valence electrons. The molecule has 4 N–H and O–H groups in total. The highest BCUT2D eigenvalue weighted by molar-refractivity contribution is 5.79. The van der Waals surface area contributed by atoms with Crippen LogP contribution >= 0.6 is 0 Å². The van der Waals surface area contributed by atoms with E-state index < -0.39 is 29.7 Å². The highest BCUT2D eigenvalue weighted by Crippen LogP contribution is 2.59. The van der Waals surface area contributed by atoms with Gasteiger partial charge in [0.15, 0.2) is 0 Å². The molecule has 4 aliphatic carbocycles. The highest BCUT2D eigenvalue weighted by atomic mass is 16.4. The van der Waals surface area contributed by atoms with E-state index in [1.807, 2.05) is 0 Å². The molecule has 0 saturated heterocycles. The fourth-order valence-electron chi connectivity index (χ4n) is 6.98. The van der Waals surface area contributed by atoms with Crippen molar-refractivity contribution in [2.24, 2.45) is 28.6 Å². The smallest absolute Gasteiger partial charge is 0.312 e. The van der Waals surface area contributed by atoms with Gasteiger partial charge in [-0.1, -0.05) is 50.3 Å². The molecule has 0 aromatic heterocycles. The zero-order chi connectivity index (χ0) is 24.0. The minimum atomic E-state index is -0.961. The van der Waals surface area contributed by atoms with Gasteiger partial charge >= 0.3 is 5.97 Å². The fourth-order valence-corrected chi connectivity index (χ4v) is 6.98. The van der Waals surface area contributed by atoms with Crippen LogP contribution in [0.2, 0.25) is 0 Å². The van der Waals surface area contributed by atoms with Crippen LogP contribution in [0.5, 0.6) is 0 Å². The molecule has 4 fully saturated rings. The molecule has 5 nitrogen and oxygen atoms in total. The summed E-state index contributed by atoms with van der Waals surface area (Å²) < 4.78 is 0. The number of aliphatic hydroxyl groups excluding tert-OH is 3. The van der Waals surface area contributed by atoms with Crippen molar-refractivity contribution in [1.29, 1.82) is 0 Å². The normalized spacial score (nSPS) is 40.2. The fraction of sp³-hybridized carbons (Fsp3) is 0.679. The number of fused-ring (bicyclic) bond motifs is 1. The van der Waals surface area contributed by atoms with Gasteiger partial charge in [-0.15, -0.1) is 0 Å². The van der Waals surface area contributed by atoms with Crippen molar-refractivity contribution < 1.29 is 25.2 Å². The summed E-state index contributed by atoms with van der Waals surface area (Å²) >= 11 is 0. The third kappa shape index (κ3) is 4.52. The maximum absolute atomic E-state index is 11.5. The van der Waals surface area contributed by atoms with E-state index in [4.69, 9.17) is 0 Å². The Kier molecular flexibility index (Phi) is 6.78. The predicted octanol–water partition coefficient (Wildman–Crippen LogP) is 4.55. The molecule has 5 heteroatoms. The number of carboxylic acids is 1. The topological polar surface area (TPSA) is 98.0 Å². The average molecular weight is 457 g/mol. The standard InChI is InChI=1S/C28H40O5/c1-17(6-11-25(31)28(13-14-28)26(32)33)22-9-10-23-19(5-4-12-27(22,23)3)7-8-20-15-21(29)16-24(30)18(20)2/h6-8,11,17,21-25,29-31H,2,4-5,9-10,12-16H2,1,3H3,(H,32,33)/t17-,21-,22-,23+,24+,25-,27-/m1/s1. The van der Waals surface area contributed by atoms with Crippen LogP contribution in [0.4, 0.5) is 0 Å². The first kappa shape index (κ1) is 24.4. The zero-order valence-corrected chi connectivity index (χ0v) is 20.0. The van der Waals surface area contributed by atoms with Gasteiger partial charge in [-0.25, -0.2) is 0 Å². The number of carbonyl (C=O) groups is 1. The van der Waals surface area contributed by atoms with E-state index in [1.54, 1.807) is 6.08 Å². The molecule has 0 radical (unpaired) electrons. The second-order valence-corrected chi connectivity index (χ2v) is 11.3. The van der Waals surface area contributed by atoms with Crippen LogP contribution in [-0.2, 0) is 4.79 Å². The quantitative estimate of drug-likeness (QED) is 0.440. The molecule has 33 heavy (non-hydrogen) atoms. The van der Waals surface area contributed by atoms with Gasteiger partial charge in [-0.2, -0.15) is 0 Å². The Morgan fingerprint density at radius 3 is 2.55 bits per heavy atom. The number of aliphatic carboxylic acids is 1. The second-order valence-electron chi connectivity index (χ2n) is 11.3. The molecule has 4 rings (SSSR count). The molecular weight excluding hydrogens is 416 g/mol. The lowest BCUT2D eigenvalue weighted by Crippen LogP contribution is -2.35. The van der Waals surface area contributed by atoms with Gasteiger partial charge in [0.25, 0.3) is 0 Å². The summed E-state index contributed by atoms with van der Waals surface area (Å²) in [6.07, 6.45) is 13.7. The summed E-state index contributed by atoms with van der Waals surface area (Å²) in [5.74, 6) is 0.391. The van der Waals surface area contributed by atoms with Crippen molar-refractivity contribution in [2.75, 3.05) is 0 Å². The number of carboxylic acid groups (broad SMARTS) is 1. The molecule has 4 saturated carbocycles. The van der Waals surface area contributed by atoms with E-state index >= 15 is 0 Å². The van der Waals surface area contributed by atoms with Crippen molar-refractivity contribution in [3.63, 3.8) is 0 Å². The van der Waals surface area contributed by atoms with Crippen LogP contribution in [-0.4, -0.2) is 44.7 Å². The monoisotopic (exact) mass is 456 g/mol. The molecule has 0 unspecified atom stereocenters. The molecule has 0 aromatic carbocycles. The first-order valence-electron chi connectivity index (χ1n) is 12.6. The number of allylic oxidation sites excluding steroid dienone is 4. The number of rotatable bonds is 6. The SMILES string of the molecule is C=C1C(=CC=C2CCC[C@]3(C)[C@@H]([C@H](C)C=C[C@@H](O)C4(C(=O)O)CC4)CC[C@@H]23)C[C@@H](O)C[C@@H]1O. The lowest BCUT2D eigenvalue weighted by atomic mass is 9.61. The predicted molar refractivity (Wildman–Crippen MR) is 128 cm³/mol. The molecule has 0 amide bonds. The Morgan fingerprint density at radius 2 is 1.88 bits per heavy atom. The molecular formula is C28H40O5. The average Bonchev–Trinajstić information content (AvgIpc) is 3.50. The molecule has 0 heterocycles. The molecule has 7 atom stereocenters. The van der Waals surface area contributed by atoms with Gasteiger partial charge in [0.2, 0.25) is 0 Å². The van der Waals surface area contributed by atoms with Gasteiger partial charge < -0.3 is 20.4 Å². The Morgan fingerprint density at radius 1 is 1.15 bits per heavy atom. The molecule has 0 spiro atoms. The van der Waals surface area contributed by atoms with E-state index in [9.17, 15) is 25.2 Å². The number of hydrogen-bond donors (Lipinski definition) is 4. The van der Waals surface area contributed by atoms with Crippen LogP contribution in [0.1, 0.15) is 71.6 Å². The third-order valence-corrected chi connectivity index (χ3v) is 9.31. The summed E-state index contributed by atoms with van der Waals surface area (Å²) in [6.45, 7) is 8.64. The first-order valence-corrected chi connectivity index (χ1v) is 12.6. The van der Waals surface area contributed by atoms with Crippen molar-refractivity contribution in [2.45, 2.75) is 89.9 Å². The maximum atomic E-state index is 11.5. The van der Waals surface area contributed by atoms with Gasteiger partial charge in [0.05, 0.1) is 23.7 Å². The zero-order valence-electron chi connectivity index (χ0n) is 20.0. The summed E-state index contributed by atoms with van der Waals surface area (Å²) in [5.41, 5.74) is 2.36. The lowest BCUT2D eigenvalue weighted by molar-refractivity contribution is -0.146. The highest BCUT2D eigenvalue weighted by Gasteiger charge is 2.55. The van der Waals surface area contributed by atoms with Crippen molar-refractivity contribution >= 4 is 5.97 Å². The summed E-state index contributed by atoms with van der Waals surface area (Å²) in [4.78, 5) is 11.5. The van der Waals surface area contributed by atoms with E-state index in [0.717, 1.165) is 36.8 Å². The third-order valence-electron chi connectivity index (χ3n) is 9.31. The molecule has 0 aromatic rings. The Labute approximate surface area is 197 Å². The van der Waals surface area contributed by atoms with E-state index in [2.05, 4.69) is 38.7 Å². The summed E-state index contributed by atoms with van der Waals surface area (Å²) in [5, 5.41) is 40.1. The van der Waals surface area contributed by atoms with E-state index in [-0.39, 0.29) is 11.3 Å². The molecule has 4 aliphatic rings. The van der Waals surface area contributed by atoms with Crippen LogP contribution < -0.4 is 0 Å². The first-order chi connectivity index (χ1) is 15.6. The van der Waals surface area contributed by atoms with Crippen molar-refractivity contribution in [3.8, 4) is 0 Å². The van der Waals surface area contributed by atoms with Gasteiger partial charge in [0.1, 0.15) is 0 Å². The van der Waals surface area contributed by atoms with Gasteiger partial charge in [-0.05, 0) is 85.7 Å². The minimum Gasteiger partial charge on any atom is -0.481 e.